The largest absolute Gasteiger partial charge is 0.456 e. The quantitative estimate of drug-likeness (QED) is 0.127. The highest BCUT2D eigenvalue weighted by atomic mass is 16.3. The van der Waals surface area contributed by atoms with Gasteiger partial charge in [0.1, 0.15) is 22.3 Å². The van der Waals surface area contributed by atoms with Crippen LogP contribution >= 0.6 is 0 Å². The average molecular weight is 1270 g/mol. The van der Waals surface area contributed by atoms with Crippen LogP contribution in [0.5, 0.6) is 0 Å². The van der Waals surface area contributed by atoms with Gasteiger partial charge in [0.05, 0.1) is 76.8 Å². The van der Waals surface area contributed by atoms with E-state index < -0.39 is 546 Å². The predicted octanol–water partition coefficient (Wildman–Crippen LogP) is 27.0. The zero-order valence-electron chi connectivity index (χ0n) is 104. The molecular weight excluding hydrogens is 1160 g/mol. The van der Waals surface area contributed by atoms with E-state index in [0.29, 0.717) is 0 Å². The van der Waals surface area contributed by atoms with Crippen LogP contribution in [0.15, 0.2) is 347 Å². The first kappa shape index (κ1) is 22.6. The molecule has 0 fully saturated rings. The van der Waals surface area contributed by atoms with Crippen LogP contribution in [0, 0.1) is 0 Å². The molecule has 2 heteroatoms. The highest BCUT2D eigenvalue weighted by molar-refractivity contribution is 6.29. The van der Waals surface area contributed by atoms with Gasteiger partial charge in [-0.1, -0.05) is 284 Å². The molecule has 0 aliphatic heterocycles. The highest BCUT2D eigenvalue weighted by Crippen LogP contribution is 2.50. The van der Waals surface area contributed by atoms with Crippen molar-refractivity contribution in [1.29, 1.82) is 0 Å². The van der Waals surface area contributed by atoms with Gasteiger partial charge in [0.15, 0.2) is 0 Å². The van der Waals surface area contributed by atoms with Crippen molar-refractivity contribution in [1.82, 2.24) is 0 Å². The second-order valence-electron chi connectivity index (χ2n) is 21.3. The molecule has 0 aliphatic rings. The third-order valence-corrected chi connectivity index (χ3v) is 16.1. The summed E-state index contributed by atoms with van der Waals surface area (Å²) in [6.07, 6.45) is 0. The summed E-state index contributed by atoms with van der Waals surface area (Å²) in [7, 11) is 0. The van der Waals surface area contributed by atoms with E-state index in [9.17, 15) is 32.9 Å². The molecule has 2 nitrogen and oxygen atoms in total. The van der Waals surface area contributed by atoms with Crippen LogP contribution in [0.1, 0.15) is 76.8 Å². The highest BCUT2D eigenvalue weighted by Gasteiger charge is 2.24. The van der Waals surface area contributed by atoms with Gasteiger partial charge < -0.3 is 8.83 Å². The molecule has 21 aromatic rings. The molecule has 96 heavy (non-hydrogen) atoms. The molecule has 444 valence electrons. The molecule has 2 heterocycles. The molecule has 0 saturated heterocycles. The minimum Gasteiger partial charge on any atom is -0.456 e. The molecule has 2 aromatic heterocycles. The molecule has 0 amide bonds. The molecule has 0 aliphatic carbocycles. The molecule has 19 aromatic carbocycles. The van der Waals surface area contributed by atoms with Crippen molar-refractivity contribution in [2.24, 2.45) is 0 Å². The zero-order valence-corrected chi connectivity index (χ0v) is 47.8. The zero-order chi connectivity index (χ0) is 112. The van der Waals surface area contributed by atoms with E-state index in [1.165, 1.54) is 0 Å². The Kier molecular flexibility index (Phi) is 5.05. The summed E-state index contributed by atoms with van der Waals surface area (Å²) < 4.78 is 520. The van der Waals surface area contributed by atoms with E-state index in [-0.39, 0.29) is 0 Å². The Labute approximate surface area is 631 Å². The van der Waals surface area contributed by atoms with Gasteiger partial charge in [-0.25, -0.2) is 0 Å². The Bertz CT molecular complexity index is 10200. The van der Waals surface area contributed by atoms with Crippen LogP contribution in [-0.2, 0) is 0 Å². The molecule has 0 N–H and O–H groups in total. The minimum atomic E-state index is -1.14. The first-order chi connectivity index (χ1) is 71.0. The van der Waals surface area contributed by atoms with E-state index in [4.69, 9.17) is 52.7 Å². The molecule has 21 rings (SSSR count). The van der Waals surface area contributed by atoms with Crippen LogP contribution < -0.4 is 0 Å². The van der Waals surface area contributed by atoms with E-state index >= 15 is 0 Å². The number of fused-ring (bicyclic) bond motifs is 18. The van der Waals surface area contributed by atoms with Crippen molar-refractivity contribution in [2.45, 2.75) is 0 Å². The smallest absolute Gasteiger partial charge is 0.136 e. The molecule has 0 spiro atoms. The number of hydrogen-bond acceptors (Lipinski definition) is 2. The Balaban J connectivity index is 0.000000185. The maximum absolute atomic E-state index is 9.99. The lowest BCUT2D eigenvalue weighted by atomic mass is 9.84. The number of furan rings is 2. The molecule has 0 atom stereocenters. The molecule has 0 bridgehead atoms. The van der Waals surface area contributed by atoms with Crippen LogP contribution in [0.25, 0.3) is 207 Å². The van der Waals surface area contributed by atoms with Crippen LogP contribution in [0.2, 0.25) is 0 Å². The second kappa shape index (κ2) is 21.5. The first-order valence-corrected chi connectivity index (χ1v) is 28.6. The number of hydrogen-bond donors (Lipinski definition) is 0. The van der Waals surface area contributed by atoms with Gasteiger partial charge in [0.25, 0.3) is 0 Å². The van der Waals surface area contributed by atoms with Gasteiger partial charge in [0, 0.05) is 21.5 Å². The Hall–Kier alpha value is -12.6. The predicted molar refractivity (Wildman–Crippen MR) is 410 cm³/mol. The summed E-state index contributed by atoms with van der Waals surface area (Å²) in [6.45, 7) is 0. The summed E-state index contributed by atoms with van der Waals surface area (Å²) in [5, 5.41) is -14.8. The van der Waals surface area contributed by atoms with E-state index in [1.807, 2.05) is 0 Å². The molecular formula is C94H56O2. The van der Waals surface area contributed by atoms with Gasteiger partial charge in [0.2, 0.25) is 0 Å². The SMILES string of the molecule is [2H]c1c([2H])c(-c2c([2H])c([2H])c3c([2H])c([2H])c4c([2H])c([2H])c([2H])c([2H])c4c3c2[2H])c([2H])c(-c2c3c([2H])c([2H])c([2H])c([2H])c3c(-c3c([2H])c([2H])c([2H])c4oc5c([2H])c6c([2H])c([2H])c([2H])c([2H])c6c([2H])c5c34)c3c([2H])c([2H])c([2H])c([2H])c23)c1[2H].[2H]c1c([2H])c(-c2c3c([2H])c([2H])c([2H])c([2H])c3c(-c3c([2H])c([2H])c4c([2H])c([2H])c5c([2H])c([2H])c([2H])c([2H])c5c4c3[2H])c3c([2H])c([2H])c([2H])c([2H])c23)c2c(oc3c([2H])c4c([2H])c([2H])c([2H])c([2H])c4c([2H])c32)c1[2H]. The van der Waals surface area contributed by atoms with Gasteiger partial charge in [-0.15, -0.1) is 0 Å². The number of benzene rings is 19. The summed E-state index contributed by atoms with van der Waals surface area (Å²) in [6, 6.07) is -51.0. The summed E-state index contributed by atoms with van der Waals surface area (Å²) in [4.78, 5) is 0. The second-order valence-corrected chi connectivity index (χ2v) is 21.3. The topological polar surface area (TPSA) is 26.3 Å². The average Bonchev–Trinajstić information content (AvgIpc) is 1.49. The molecule has 0 radical (unpaired) electrons. The van der Waals surface area contributed by atoms with Crippen LogP contribution in [-0.4, -0.2) is 0 Å². The molecule has 0 unspecified atom stereocenters. The minimum absolute atomic E-state index is 0.470. The van der Waals surface area contributed by atoms with Crippen molar-refractivity contribution in [3.8, 4) is 55.6 Å². The van der Waals surface area contributed by atoms with Crippen LogP contribution in [0.4, 0.5) is 0 Å². The van der Waals surface area contributed by atoms with Crippen molar-refractivity contribution in [3.05, 3.63) is 338 Å². The third kappa shape index (κ3) is 8.45. The Morgan fingerprint density at radius 3 is 0.885 bits per heavy atom. The maximum Gasteiger partial charge on any atom is 0.136 e. The van der Waals surface area contributed by atoms with Crippen molar-refractivity contribution in [2.75, 3.05) is 0 Å². The Morgan fingerprint density at radius 2 is 0.458 bits per heavy atom. The van der Waals surface area contributed by atoms with E-state index in [0.717, 1.165) is 0 Å². The summed E-state index contributed by atoms with van der Waals surface area (Å²) in [5.74, 6) is 0. The standard InChI is InChI=1S/C50H30O.C44H26O/c1-2-13-35-30-47-45(29-34(35)12-1)50-43(21-10-22-46(50)51-47)49-41-19-7-5-17-39(41)48(40-18-6-8-20-42(40)49)37-15-9-14-33(27-37)36-26-25-32-24-23-31-11-3-4-16-38(31)44(32)28-36;1-2-12-30-26-41-39(24-29(30)11-1)44-37(18-9-19-40(44)45-41)43-35-16-7-5-14-33(35)42(34-15-6-8-17-36(34)43)31-23-22-28-21-20-27-10-3-4-13-32(27)38(28)25-31/h1-30H;1-26H/i1D,2D,3D,4D,5D,6D,7D,8D,9D,10D,11D,12D,13D,14D,15D,16D,17D,18D,19D,20D,21D,22D,23D,24D,25D,26D,27D,28D,29D,30D;1D,2D,3D,4D,5D,6D,7D,8D,9D,10D,11D,12D,13D,14D,15D,16D,17D,18D,19D,20D,21D,22D,23D,24D,25D,26D. The fourth-order valence-corrected chi connectivity index (χ4v) is 12.1. The van der Waals surface area contributed by atoms with Crippen LogP contribution in [0.3, 0.4) is 0 Å². The van der Waals surface area contributed by atoms with Crippen molar-refractivity contribution >= 4 is 152 Å². The fourth-order valence-electron chi connectivity index (χ4n) is 12.1. The van der Waals surface area contributed by atoms with Crippen molar-refractivity contribution < 1.29 is 85.6 Å². The van der Waals surface area contributed by atoms with E-state index in [2.05, 4.69) is 0 Å². The van der Waals surface area contributed by atoms with Crippen molar-refractivity contribution in [3.63, 3.8) is 0 Å². The monoisotopic (exact) mass is 1270 g/mol. The van der Waals surface area contributed by atoms with Gasteiger partial charge in [-0.2, -0.15) is 0 Å². The summed E-state index contributed by atoms with van der Waals surface area (Å²) in [5.41, 5.74) is -10.4. The lowest BCUT2D eigenvalue weighted by molar-refractivity contribution is 0.669. The fraction of sp³-hybridized carbons (Fsp3) is 0. The van der Waals surface area contributed by atoms with Gasteiger partial charge >= 0.3 is 0 Å². The van der Waals surface area contributed by atoms with Gasteiger partial charge in [-0.3, -0.25) is 0 Å². The maximum atomic E-state index is 9.99. The summed E-state index contributed by atoms with van der Waals surface area (Å²) >= 11 is 0. The van der Waals surface area contributed by atoms with E-state index in [1.54, 1.807) is 0 Å². The first-order valence-electron chi connectivity index (χ1n) is 56.6. The molecule has 0 saturated carbocycles. The van der Waals surface area contributed by atoms with Gasteiger partial charge in [-0.05, 0) is 218 Å². The Morgan fingerprint density at radius 1 is 0.167 bits per heavy atom. The number of rotatable bonds is 5. The third-order valence-electron chi connectivity index (χ3n) is 16.1. The lowest BCUT2D eigenvalue weighted by Gasteiger charge is -2.18. The lowest BCUT2D eigenvalue weighted by Crippen LogP contribution is -1.91. The normalized spacial score (nSPS) is 20.1.